The maximum atomic E-state index is 5.62. The van der Waals surface area contributed by atoms with Crippen LogP contribution in [0.1, 0.15) is 0 Å². The topological polar surface area (TPSA) is 62.5 Å². The van der Waals surface area contributed by atoms with Gasteiger partial charge in [-0.25, -0.2) is 0 Å². The number of benzene rings is 1. The van der Waals surface area contributed by atoms with Crippen LogP contribution < -0.4 is 15.6 Å². The highest BCUT2D eigenvalue weighted by molar-refractivity contribution is 5.91. The Morgan fingerprint density at radius 1 is 1.50 bits per heavy atom. The van der Waals surface area contributed by atoms with Crippen LogP contribution in [0.4, 0.5) is 5.82 Å². The van der Waals surface area contributed by atoms with Gasteiger partial charge in [0, 0.05) is 0 Å². The van der Waals surface area contributed by atoms with Crippen molar-refractivity contribution >= 4 is 16.8 Å². The Hall–Kier alpha value is -1.71. The first-order chi connectivity index (χ1) is 5.83. The molecule has 1 aromatic heterocycles. The molecular formula is C8H9N2O2+. The van der Waals surface area contributed by atoms with Gasteiger partial charge in [-0.3, -0.25) is 5.73 Å². The molecule has 2 rings (SSSR count). The zero-order chi connectivity index (χ0) is 8.55. The number of methoxy groups -OCH3 is 1. The van der Waals surface area contributed by atoms with Crippen LogP contribution in [0.2, 0.25) is 0 Å². The summed E-state index contributed by atoms with van der Waals surface area (Å²) in [7, 11) is 1.60. The third-order valence-electron chi connectivity index (χ3n) is 1.75. The molecule has 0 unspecified atom stereocenters. The van der Waals surface area contributed by atoms with Crippen molar-refractivity contribution < 1.29 is 14.4 Å². The molecule has 0 spiro atoms. The van der Waals surface area contributed by atoms with Crippen LogP contribution in [0.25, 0.3) is 11.0 Å². The van der Waals surface area contributed by atoms with E-state index < -0.39 is 0 Å². The van der Waals surface area contributed by atoms with Gasteiger partial charge in [-0.1, -0.05) is 11.2 Å². The van der Waals surface area contributed by atoms with E-state index in [1.54, 1.807) is 7.11 Å². The molecule has 1 heterocycles. The van der Waals surface area contributed by atoms with Gasteiger partial charge >= 0.3 is 5.82 Å². The number of H-pyrrole nitrogens is 1. The van der Waals surface area contributed by atoms with Crippen LogP contribution in [0.5, 0.6) is 5.75 Å². The molecule has 4 heteroatoms. The molecule has 62 valence electrons. The summed E-state index contributed by atoms with van der Waals surface area (Å²) < 4.78 is 10.2. The molecule has 0 aliphatic rings. The lowest BCUT2D eigenvalue weighted by molar-refractivity contribution is -0.590. The second kappa shape index (κ2) is 2.41. The Morgan fingerprint density at radius 2 is 2.33 bits per heavy atom. The van der Waals surface area contributed by atoms with E-state index >= 15 is 0 Å². The van der Waals surface area contributed by atoms with E-state index in [0.717, 1.165) is 11.1 Å². The second-order valence-electron chi connectivity index (χ2n) is 2.45. The van der Waals surface area contributed by atoms with Crippen LogP contribution in [0, 0.1) is 0 Å². The van der Waals surface area contributed by atoms with E-state index in [0.29, 0.717) is 11.4 Å². The lowest BCUT2D eigenvalue weighted by Gasteiger charge is -1.96. The van der Waals surface area contributed by atoms with Gasteiger partial charge in [0.25, 0.3) is 0 Å². The fourth-order valence-electron chi connectivity index (χ4n) is 1.19. The predicted molar refractivity (Wildman–Crippen MR) is 43.7 cm³/mol. The van der Waals surface area contributed by atoms with Gasteiger partial charge in [-0.2, -0.15) is 0 Å². The zero-order valence-corrected chi connectivity index (χ0v) is 6.63. The molecule has 4 nitrogen and oxygen atoms in total. The Bertz CT molecular complexity index is 408. The van der Waals surface area contributed by atoms with Gasteiger partial charge in [0.05, 0.1) is 7.11 Å². The molecule has 0 atom stereocenters. The molecule has 12 heavy (non-hydrogen) atoms. The van der Waals surface area contributed by atoms with Crippen LogP contribution in [0.15, 0.2) is 22.7 Å². The molecule has 0 radical (unpaired) electrons. The lowest BCUT2D eigenvalue weighted by Crippen LogP contribution is -2.02. The van der Waals surface area contributed by atoms with E-state index in [2.05, 4.69) is 5.16 Å². The number of anilines is 1. The van der Waals surface area contributed by atoms with Gasteiger partial charge < -0.3 is 9.26 Å². The Morgan fingerprint density at radius 3 is 3.08 bits per heavy atom. The highest BCUT2D eigenvalue weighted by Crippen LogP contribution is 2.27. The van der Waals surface area contributed by atoms with Gasteiger partial charge in [-0.05, 0) is 12.1 Å². The zero-order valence-electron chi connectivity index (χ0n) is 6.63. The number of hydrogen-bond acceptors (Lipinski definition) is 3. The molecule has 0 amide bonds. The van der Waals surface area contributed by atoms with Gasteiger partial charge in [-0.15, -0.1) is 0 Å². The smallest absolute Gasteiger partial charge is 0.319 e. The predicted octanol–water partition coefficient (Wildman–Crippen LogP) is 0.838. The fraction of sp³-hybridized carbons (Fsp3) is 0.125. The number of fused-ring (bicyclic) bond motifs is 1. The maximum Gasteiger partial charge on any atom is 0.319 e. The lowest BCUT2D eigenvalue weighted by atomic mass is 10.2. The maximum absolute atomic E-state index is 5.62. The highest BCUT2D eigenvalue weighted by Gasteiger charge is 2.13. The van der Waals surface area contributed by atoms with Crippen LogP contribution in [-0.2, 0) is 0 Å². The van der Waals surface area contributed by atoms with Crippen molar-refractivity contribution in [2.24, 2.45) is 0 Å². The van der Waals surface area contributed by atoms with E-state index in [4.69, 9.17) is 15.0 Å². The summed E-state index contributed by atoms with van der Waals surface area (Å²) in [6.07, 6.45) is 0. The van der Waals surface area contributed by atoms with Crippen molar-refractivity contribution in [3.63, 3.8) is 0 Å². The molecule has 0 aliphatic carbocycles. The monoisotopic (exact) mass is 165 g/mol. The van der Waals surface area contributed by atoms with Crippen LogP contribution >= 0.6 is 0 Å². The van der Waals surface area contributed by atoms with Crippen LogP contribution in [0.3, 0.4) is 0 Å². The van der Waals surface area contributed by atoms with Crippen molar-refractivity contribution in [1.82, 2.24) is 0 Å². The number of nitrogen functional groups attached to an aromatic ring is 1. The molecule has 2 aromatic rings. The average Bonchev–Trinajstić information content (AvgIpc) is 2.48. The number of ether oxygens (including phenoxy) is 1. The molecule has 0 bridgehead atoms. The van der Waals surface area contributed by atoms with E-state index in [1.165, 1.54) is 0 Å². The summed E-state index contributed by atoms with van der Waals surface area (Å²) in [4.78, 5) is 0. The van der Waals surface area contributed by atoms with Gasteiger partial charge in [0.15, 0.2) is 11.0 Å². The number of aromatic nitrogens is 1. The number of hydrogen-bond donors (Lipinski definition) is 1. The molecule has 0 aliphatic heterocycles. The van der Waals surface area contributed by atoms with E-state index in [1.807, 2.05) is 18.2 Å². The first-order valence-corrected chi connectivity index (χ1v) is 3.55. The van der Waals surface area contributed by atoms with Crippen molar-refractivity contribution in [1.29, 1.82) is 0 Å². The molecule has 1 aromatic carbocycles. The van der Waals surface area contributed by atoms with E-state index in [-0.39, 0.29) is 0 Å². The van der Waals surface area contributed by atoms with Gasteiger partial charge in [0.2, 0.25) is 0 Å². The Balaban J connectivity index is 2.84. The van der Waals surface area contributed by atoms with Crippen LogP contribution in [-0.4, -0.2) is 7.11 Å². The summed E-state index contributed by atoms with van der Waals surface area (Å²) in [5.74, 6) is 1.21. The number of aromatic amines is 1. The normalized spacial score (nSPS) is 10.4. The third kappa shape index (κ3) is 0.812. The van der Waals surface area contributed by atoms with Crippen molar-refractivity contribution in [3.8, 4) is 5.75 Å². The second-order valence-corrected chi connectivity index (χ2v) is 2.45. The summed E-state index contributed by atoms with van der Waals surface area (Å²) in [5.41, 5.74) is 6.32. The minimum Gasteiger partial charge on any atom is -0.496 e. The Kier molecular flexibility index (Phi) is 1.40. The first kappa shape index (κ1) is 6.97. The van der Waals surface area contributed by atoms with E-state index in [9.17, 15) is 0 Å². The van der Waals surface area contributed by atoms with Crippen molar-refractivity contribution in [3.05, 3.63) is 18.2 Å². The molecule has 0 fully saturated rings. The minimum absolute atomic E-state index is 0.488. The summed E-state index contributed by atoms with van der Waals surface area (Å²) in [5, 5.41) is 3.37. The molecule has 0 saturated heterocycles. The Labute approximate surface area is 68.9 Å². The first-order valence-electron chi connectivity index (χ1n) is 3.55. The molecular weight excluding hydrogens is 156 g/mol. The summed E-state index contributed by atoms with van der Waals surface area (Å²) in [6, 6.07) is 5.50. The SMILES string of the molecule is COc1cccc2o[nH+]c(N)c12. The van der Waals surface area contributed by atoms with Gasteiger partial charge in [0.1, 0.15) is 5.75 Å². The fourth-order valence-corrected chi connectivity index (χ4v) is 1.19. The minimum atomic E-state index is 0.488. The quantitative estimate of drug-likeness (QED) is 0.681. The highest BCUT2D eigenvalue weighted by atomic mass is 16.5. The standard InChI is InChI=1S/C8H8N2O2/c1-11-5-3-2-4-6-7(5)8(9)10-12-6/h2-4H,1H3,(H2,9,10)/p+1. The average molecular weight is 165 g/mol. The summed E-state index contributed by atoms with van der Waals surface area (Å²) >= 11 is 0. The number of nitrogens with two attached hydrogens (primary N) is 1. The number of rotatable bonds is 1. The van der Waals surface area contributed by atoms with Crippen molar-refractivity contribution in [2.75, 3.05) is 12.8 Å². The third-order valence-corrected chi connectivity index (χ3v) is 1.75. The number of nitrogens with one attached hydrogen (secondary N) is 1. The largest absolute Gasteiger partial charge is 0.496 e. The molecule has 3 N–H and O–H groups in total. The summed E-state index contributed by atoms with van der Waals surface area (Å²) in [6.45, 7) is 0. The molecule has 0 saturated carbocycles. The van der Waals surface area contributed by atoms with Crippen molar-refractivity contribution in [2.45, 2.75) is 0 Å².